The zero-order valence-corrected chi connectivity index (χ0v) is 33.8. The summed E-state index contributed by atoms with van der Waals surface area (Å²) in [5, 5.41) is 11.7. The predicted octanol–water partition coefficient (Wildman–Crippen LogP) is 9.99. The summed E-state index contributed by atoms with van der Waals surface area (Å²) in [5.41, 5.74) is 3.06. The number of aliphatic hydroxyl groups excluding tert-OH is 1. The van der Waals surface area contributed by atoms with Crippen LogP contribution in [0.4, 0.5) is 0 Å². The number of hydrogen-bond donors (Lipinski definition) is 1. The highest BCUT2D eigenvalue weighted by molar-refractivity contribution is 5.15. The van der Waals surface area contributed by atoms with Crippen LogP contribution in [0.15, 0.2) is 91.0 Å². The summed E-state index contributed by atoms with van der Waals surface area (Å²) in [4.78, 5) is 0. The van der Waals surface area contributed by atoms with Crippen LogP contribution in [0.5, 0.6) is 0 Å². The van der Waals surface area contributed by atoms with Crippen molar-refractivity contribution in [3.05, 3.63) is 108 Å². The van der Waals surface area contributed by atoms with E-state index in [2.05, 4.69) is 6.92 Å². The van der Waals surface area contributed by atoms with E-state index in [1.165, 1.54) is 83.5 Å². The monoisotopic (exact) mass is 763 g/mol. The molecule has 6 atom stereocenters. The number of hydrogen-bond acceptors (Lipinski definition) is 8. The Hall–Kier alpha value is -2.66. The molecule has 0 saturated carbocycles. The first kappa shape index (κ1) is 45.0. The minimum atomic E-state index is -1.12. The first-order chi connectivity index (χ1) is 27.2. The summed E-state index contributed by atoms with van der Waals surface area (Å²) in [6.45, 7) is 4.83. The van der Waals surface area contributed by atoms with E-state index in [1.54, 1.807) is 7.11 Å². The predicted molar refractivity (Wildman–Crippen MR) is 219 cm³/mol. The van der Waals surface area contributed by atoms with Crippen LogP contribution >= 0.6 is 0 Å². The molecule has 0 spiro atoms. The van der Waals surface area contributed by atoms with Gasteiger partial charge in [-0.25, -0.2) is 0 Å². The van der Waals surface area contributed by atoms with Gasteiger partial charge in [0.1, 0.15) is 30.5 Å². The SMILES string of the molecule is CCCCCCCCCCCCCCCCOC[C@H](CO[C@@H]1O[C@H](COCc2ccccc2)[C@@H](OCc2ccccc2)[C@H](OCc2ccccc2)[C@H]1O)OC. The van der Waals surface area contributed by atoms with Crippen LogP contribution in [0.25, 0.3) is 0 Å². The summed E-state index contributed by atoms with van der Waals surface area (Å²) in [6.07, 6.45) is 14.3. The van der Waals surface area contributed by atoms with E-state index in [9.17, 15) is 5.11 Å². The van der Waals surface area contributed by atoms with Gasteiger partial charge >= 0.3 is 0 Å². The molecule has 0 bridgehead atoms. The second-order valence-electron chi connectivity index (χ2n) is 14.9. The topological polar surface area (TPSA) is 84.8 Å². The molecule has 0 amide bonds. The van der Waals surface area contributed by atoms with E-state index < -0.39 is 30.7 Å². The molecule has 55 heavy (non-hydrogen) atoms. The van der Waals surface area contributed by atoms with Gasteiger partial charge < -0.3 is 38.3 Å². The molecule has 8 heteroatoms. The third-order valence-corrected chi connectivity index (χ3v) is 10.3. The Morgan fingerprint density at radius 3 is 1.53 bits per heavy atom. The van der Waals surface area contributed by atoms with Gasteiger partial charge in [0.2, 0.25) is 0 Å². The number of benzene rings is 3. The fourth-order valence-electron chi connectivity index (χ4n) is 6.96. The van der Waals surface area contributed by atoms with E-state index in [4.69, 9.17) is 33.2 Å². The number of ether oxygens (including phenoxy) is 7. The van der Waals surface area contributed by atoms with Gasteiger partial charge in [-0.3, -0.25) is 0 Å². The van der Waals surface area contributed by atoms with E-state index >= 15 is 0 Å². The van der Waals surface area contributed by atoms with Gasteiger partial charge in [-0.2, -0.15) is 0 Å². The van der Waals surface area contributed by atoms with Gasteiger partial charge in [0.05, 0.1) is 39.6 Å². The van der Waals surface area contributed by atoms with E-state index in [0.717, 1.165) is 23.1 Å². The molecular weight excluding hydrogens is 693 g/mol. The van der Waals surface area contributed by atoms with Crippen LogP contribution in [0, 0.1) is 0 Å². The minimum absolute atomic E-state index is 0.190. The third-order valence-electron chi connectivity index (χ3n) is 10.3. The van der Waals surface area contributed by atoms with Crippen molar-refractivity contribution < 1.29 is 38.3 Å². The number of rotatable bonds is 31. The maximum atomic E-state index is 11.7. The minimum Gasteiger partial charge on any atom is -0.385 e. The molecule has 1 aliphatic rings. The first-order valence-corrected chi connectivity index (χ1v) is 21.2. The average Bonchev–Trinajstić information content (AvgIpc) is 3.22. The van der Waals surface area contributed by atoms with Crippen molar-refractivity contribution in [3.8, 4) is 0 Å². The highest BCUT2D eigenvalue weighted by Gasteiger charge is 2.47. The van der Waals surface area contributed by atoms with Crippen LogP contribution < -0.4 is 0 Å². The molecule has 0 aliphatic carbocycles. The quantitative estimate of drug-likeness (QED) is 0.0649. The Morgan fingerprint density at radius 1 is 0.545 bits per heavy atom. The molecule has 0 unspecified atom stereocenters. The molecule has 0 radical (unpaired) electrons. The maximum Gasteiger partial charge on any atom is 0.186 e. The Kier molecular flexibility index (Phi) is 23.5. The Bertz CT molecular complexity index is 1310. The molecule has 1 heterocycles. The maximum absolute atomic E-state index is 11.7. The molecule has 0 aromatic heterocycles. The van der Waals surface area contributed by atoms with Crippen molar-refractivity contribution in [1.82, 2.24) is 0 Å². The molecule has 8 nitrogen and oxygen atoms in total. The second kappa shape index (κ2) is 28.7. The largest absolute Gasteiger partial charge is 0.385 e. The van der Waals surface area contributed by atoms with E-state index in [0.29, 0.717) is 33.0 Å². The zero-order chi connectivity index (χ0) is 38.6. The van der Waals surface area contributed by atoms with Crippen LogP contribution in [0.1, 0.15) is 114 Å². The summed E-state index contributed by atoms with van der Waals surface area (Å²) < 4.78 is 43.6. The van der Waals surface area contributed by atoms with Gasteiger partial charge in [-0.15, -0.1) is 0 Å². The Morgan fingerprint density at radius 2 is 1.02 bits per heavy atom. The van der Waals surface area contributed by atoms with Gasteiger partial charge in [0.15, 0.2) is 6.29 Å². The van der Waals surface area contributed by atoms with Crippen molar-refractivity contribution in [3.63, 3.8) is 0 Å². The van der Waals surface area contributed by atoms with Crippen molar-refractivity contribution in [1.29, 1.82) is 0 Å². The van der Waals surface area contributed by atoms with Crippen molar-refractivity contribution in [2.24, 2.45) is 0 Å². The normalized spacial score (nSPS) is 20.5. The summed E-state index contributed by atoms with van der Waals surface area (Å²) in [5.74, 6) is 0. The standard InChI is InChI=1S/C47H70O8/c1-3-4-5-6-7-8-9-10-11-12-13-14-15-25-32-50-36-42(49-2)37-54-47-44(48)46(53-35-41-30-23-18-24-31-41)45(52-34-40-28-21-17-22-29-40)43(55-47)38-51-33-39-26-19-16-20-27-39/h16-24,26-31,42-48H,3-15,25,32-38H2,1-2H3/t42-,43-,44-,45-,46-,47-/m1/s1. The lowest BCUT2D eigenvalue weighted by molar-refractivity contribution is -0.322. The highest BCUT2D eigenvalue weighted by Crippen LogP contribution is 2.29. The molecule has 1 fully saturated rings. The average molecular weight is 763 g/mol. The highest BCUT2D eigenvalue weighted by atomic mass is 16.7. The smallest absolute Gasteiger partial charge is 0.186 e. The molecule has 4 rings (SSSR count). The summed E-state index contributed by atoms with van der Waals surface area (Å²) in [6, 6.07) is 29.9. The van der Waals surface area contributed by atoms with Gasteiger partial charge in [-0.1, -0.05) is 181 Å². The molecule has 1 aliphatic heterocycles. The second-order valence-corrected chi connectivity index (χ2v) is 14.9. The molecule has 3 aromatic carbocycles. The first-order valence-electron chi connectivity index (χ1n) is 21.2. The zero-order valence-electron chi connectivity index (χ0n) is 33.8. The van der Waals surface area contributed by atoms with Crippen LogP contribution in [0.3, 0.4) is 0 Å². The molecule has 1 saturated heterocycles. The Labute approximate surface area is 332 Å². The van der Waals surface area contributed by atoms with Crippen LogP contribution in [-0.4, -0.2) is 75.5 Å². The number of aliphatic hydroxyl groups is 1. The third kappa shape index (κ3) is 18.4. The Balaban J connectivity index is 1.24. The lowest BCUT2D eigenvalue weighted by Gasteiger charge is -2.44. The fraction of sp³-hybridized carbons (Fsp3) is 0.617. The van der Waals surface area contributed by atoms with Crippen LogP contribution in [-0.2, 0) is 53.0 Å². The van der Waals surface area contributed by atoms with Crippen LogP contribution in [0.2, 0.25) is 0 Å². The van der Waals surface area contributed by atoms with Gasteiger partial charge in [-0.05, 0) is 23.1 Å². The summed E-state index contributed by atoms with van der Waals surface area (Å²) in [7, 11) is 1.65. The molecule has 3 aromatic rings. The fourth-order valence-corrected chi connectivity index (χ4v) is 6.96. The molecule has 306 valence electrons. The number of unbranched alkanes of at least 4 members (excludes halogenated alkanes) is 13. The van der Waals surface area contributed by atoms with Crippen molar-refractivity contribution >= 4 is 0 Å². The van der Waals surface area contributed by atoms with E-state index in [1.807, 2.05) is 91.0 Å². The van der Waals surface area contributed by atoms with Gasteiger partial charge in [0, 0.05) is 13.7 Å². The van der Waals surface area contributed by atoms with E-state index in [-0.39, 0.29) is 19.3 Å². The number of methoxy groups -OCH3 is 1. The summed E-state index contributed by atoms with van der Waals surface area (Å²) >= 11 is 0. The van der Waals surface area contributed by atoms with Crippen molar-refractivity contribution in [2.45, 2.75) is 153 Å². The molecular formula is C47H70O8. The molecule has 1 N–H and O–H groups in total. The van der Waals surface area contributed by atoms with Gasteiger partial charge in [0.25, 0.3) is 0 Å². The van der Waals surface area contributed by atoms with Crippen molar-refractivity contribution in [2.75, 3.05) is 33.5 Å². The lowest BCUT2D eigenvalue weighted by atomic mass is 9.98. The lowest BCUT2D eigenvalue weighted by Crippen LogP contribution is -2.61.